The van der Waals surface area contributed by atoms with E-state index in [1.165, 1.54) is 0 Å². The number of hydrogen-bond donors (Lipinski definition) is 1. The molecule has 0 atom stereocenters. The van der Waals surface area contributed by atoms with Gasteiger partial charge in [0.15, 0.2) is 0 Å². The summed E-state index contributed by atoms with van der Waals surface area (Å²) < 4.78 is 5.67. The number of hydrogen-bond acceptors (Lipinski definition) is 4. The van der Waals surface area contributed by atoms with Crippen molar-refractivity contribution < 1.29 is 24.4 Å². The third kappa shape index (κ3) is 6.03. The minimum atomic E-state index is -0.857. The van der Waals surface area contributed by atoms with Crippen LogP contribution in [0, 0.1) is 0 Å². The van der Waals surface area contributed by atoms with Crippen molar-refractivity contribution in [2.24, 2.45) is 0 Å². The van der Waals surface area contributed by atoms with Crippen LogP contribution in [0.25, 0.3) is 0 Å². The molecule has 7 heteroatoms. The first kappa shape index (κ1) is 24.0. The Kier molecular flexibility index (Phi) is 7.95. The molecule has 2 N–H and O–H groups in total. The van der Waals surface area contributed by atoms with Crippen molar-refractivity contribution in [1.29, 1.82) is 0 Å². The van der Waals surface area contributed by atoms with Crippen LogP contribution in [0.15, 0.2) is 60.7 Å². The summed E-state index contributed by atoms with van der Waals surface area (Å²) in [6.07, 6.45) is 4.54. The number of carbonyl (C=O) groups is 3. The van der Waals surface area contributed by atoms with Gasteiger partial charge in [-0.15, -0.1) is 0 Å². The number of rotatable bonds is 6. The lowest BCUT2D eigenvalue weighted by atomic mass is 9.81. The Morgan fingerprint density at radius 3 is 1.94 bits per heavy atom. The molecular formula is C27H34N3O4+. The van der Waals surface area contributed by atoms with Gasteiger partial charge < -0.3 is 9.64 Å². The maximum atomic E-state index is 13.2. The minimum Gasteiger partial charge on any atom is -0.456 e. The maximum absolute atomic E-state index is 13.2. The number of nitrogens with zero attached hydrogens (tertiary/aromatic N) is 2. The fourth-order valence-electron chi connectivity index (χ4n) is 4.84. The Balaban J connectivity index is 1.31. The summed E-state index contributed by atoms with van der Waals surface area (Å²) in [5.41, 5.74) is 1.07. The van der Waals surface area contributed by atoms with E-state index in [2.05, 4.69) is 0 Å². The number of benzene rings is 2. The molecule has 2 fully saturated rings. The molecule has 2 aromatic carbocycles. The van der Waals surface area contributed by atoms with Crippen LogP contribution >= 0.6 is 0 Å². The van der Waals surface area contributed by atoms with Crippen molar-refractivity contribution in [1.82, 2.24) is 9.80 Å². The van der Waals surface area contributed by atoms with Crippen molar-refractivity contribution in [2.45, 2.75) is 50.7 Å². The van der Waals surface area contributed by atoms with Crippen molar-refractivity contribution in [3.05, 3.63) is 71.8 Å². The van der Waals surface area contributed by atoms with E-state index in [1.54, 1.807) is 10.2 Å². The van der Waals surface area contributed by atoms with Crippen molar-refractivity contribution >= 4 is 17.9 Å². The smallest absolute Gasteiger partial charge is 0.416 e. The lowest BCUT2D eigenvalue weighted by Crippen LogP contribution is -3.03. The molecule has 1 heterocycles. The molecule has 0 radical (unpaired) electrons. The van der Waals surface area contributed by atoms with Crippen LogP contribution in [-0.2, 0) is 27.4 Å². The van der Waals surface area contributed by atoms with Gasteiger partial charge in [0.25, 0.3) is 0 Å². The van der Waals surface area contributed by atoms with Crippen molar-refractivity contribution in [3.63, 3.8) is 0 Å². The SMILES string of the molecule is O=C(Cc1ccccc1)N1CCN(C(=O)[NH2+]C2(C(=O)OCc3ccccc3)CCCCC2)CC1. The van der Waals surface area contributed by atoms with Gasteiger partial charge >= 0.3 is 12.0 Å². The first-order chi connectivity index (χ1) is 16.6. The number of carbonyl (C=O) groups excluding carboxylic acids is 3. The van der Waals surface area contributed by atoms with Gasteiger partial charge in [0, 0.05) is 39.0 Å². The minimum absolute atomic E-state index is 0.0792. The quantitative estimate of drug-likeness (QED) is 0.666. The van der Waals surface area contributed by atoms with E-state index in [0.29, 0.717) is 45.4 Å². The monoisotopic (exact) mass is 464 g/mol. The molecule has 7 nitrogen and oxygen atoms in total. The molecule has 4 rings (SSSR count). The molecular weight excluding hydrogens is 430 g/mol. The third-order valence-corrected chi connectivity index (χ3v) is 6.91. The molecule has 1 saturated carbocycles. The molecule has 180 valence electrons. The zero-order valence-corrected chi connectivity index (χ0v) is 19.7. The number of ether oxygens (including phenoxy) is 1. The van der Waals surface area contributed by atoms with Gasteiger partial charge in [-0.05, 0) is 24.0 Å². The van der Waals surface area contributed by atoms with Crippen LogP contribution in [-0.4, -0.2) is 59.4 Å². The Morgan fingerprint density at radius 2 is 1.32 bits per heavy atom. The molecule has 2 aromatic rings. The van der Waals surface area contributed by atoms with Gasteiger partial charge in [0.05, 0.1) is 6.42 Å². The highest BCUT2D eigenvalue weighted by molar-refractivity contribution is 5.81. The number of esters is 1. The molecule has 2 aliphatic rings. The predicted octanol–water partition coefficient (Wildman–Crippen LogP) is 2.50. The fourth-order valence-corrected chi connectivity index (χ4v) is 4.84. The van der Waals surface area contributed by atoms with Gasteiger partial charge in [-0.3, -0.25) is 9.69 Å². The Hall–Kier alpha value is -3.19. The second-order valence-electron chi connectivity index (χ2n) is 9.29. The normalized spacial score (nSPS) is 17.8. The van der Waals surface area contributed by atoms with Crippen LogP contribution in [0.2, 0.25) is 0 Å². The van der Waals surface area contributed by atoms with Gasteiger partial charge in [0.1, 0.15) is 6.61 Å². The number of quaternary nitrogens is 1. The third-order valence-electron chi connectivity index (χ3n) is 6.91. The zero-order valence-electron chi connectivity index (χ0n) is 19.7. The first-order valence-electron chi connectivity index (χ1n) is 12.2. The molecule has 1 aliphatic carbocycles. The number of nitrogens with two attached hydrogens (primary N) is 1. The molecule has 1 aliphatic heterocycles. The number of amides is 3. The van der Waals surface area contributed by atoms with E-state index in [1.807, 2.05) is 65.6 Å². The van der Waals surface area contributed by atoms with Crippen molar-refractivity contribution in [3.8, 4) is 0 Å². The second-order valence-corrected chi connectivity index (χ2v) is 9.29. The number of primary amides is 1. The van der Waals surface area contributed by atoms with E-state index in [4.69, 9.17) is 4.74 Å². The number of piperazine rings is 1. The lowest BCUT2D eigenvalue weighted by Gasteiger charge is -2.36. The van der Waals surface area contributed by atoms with Gasteiger partial charge in [-0.25, -0.2) is 14.9 Å². The zero-order chi connectivity index (χ0) is 23.8. The molecule has 34 heavy (non-hydrogen) atoms. The largest absolute Gasteiger partial charge is 0.456 e. The van der Waals surface area contributed by atoms with Crippen molar-refractivity contribution in [2.75, 3.05) is 26.2 Å². The maximum Gasteiger partial charge on any atom is 0.416 e. The number of urea groups is 1. The average molecular weight is 465 g/mol. The van der Waals surface area contributed by atoms with Crippen LogP contribution in [0.3, 0.4) is 0 Å². The molecule has 0 bridgehead atoms. The molecule has 0 spiro atoms. The van der Waals surface area contributed by atoms with Gasteiger partial charge in [-0.1, -0.05) is 67.1 Å². The molecule has 0 unspecified atom stereocenters. The highest BCUT2D eigenvalue weighted by Crippen LogP contribution is 2.26. The highest BCUT2D eigenvalue weighted by Gasteiger charge is 2.48. The second kappa shape index (κ2) is 11.3. The molecule has 3 amide bonds. The van der Waals surface area contributed by atoms with E-state index < -0.39 is 5.54 Å². The van der Waals surface area contributed by atoms with E-state index in [9.17, 15) is 14.4 Å². The summed E-state index contributed by atoms with van der Waals surface area (Å²) in [7, 11) is 0. The van der Waals surface area contributed by atoms with E-state index in [-0.39, 0.29) is 24.5 Å². The summed E-state index contributed by atoms with van der Waals surface area (Å²) in [6, 6.07) is 19.2. The summed E-state index contributed by atoms with van der Waals surface area (Å²) >= 11 is 0. The van der Waals surface area contributed by atoms with Gasteiger partial charge in [0.2, 0.25) is 11.4 Å². The van der Waals surface area contributed by atoms with Crippen LogP contribution < -0.4 is 5.32 Å². The Bertz CT molecular complexity index is 966. The van der Waals surface area contributed by atoms with Crippen LogP contribution in [0.1, 0.15) is 43.2 Å². The summed E-state index contributed by atoms with van der Waals surface area (Å²) in [5, 5.41) is 1.61. The van der Waals surface area contributed by atoms with Crippen LogP contribution in [0.5, 0.6) is 0 Å². The Labute approximate surface area is 201 Å². The Morgan fingerprint density at radius 1 is 0.765 bits per heavy atom. The average Bonchev–Trinajstić information content (AvgIpc) is 2.89. The summed E-state index contributed by atoms with van der Waals surface area (Å²) in [4.78, 5) is 42.5. The summed E-state index contributed by atoms with van der Waals surface area (Å²) in [6.45, 7) is 2.19. The van der Waals surface area contributed by atoms with Crippen LogP contribution in [0.4, 0.5) is 4.79 Å². The molecule has 0 aromatic heterocycles. The fraction of sp³-hybridized carbons (Fsp3) is 0.444. The standard InChI is InChI=1S/C27H33N3O4/c31-24(20-22-10-4-1-5-11-22)29-16-18-30(19-17-29)26(33)28-27(14-8-3-9-15-27)25(32)34-21-23-12-6-2-7-13-23/h1-2,4-7,10-13H,3,8-9,14-21H2,(H,28,33)/p+1. The highest BCUT2D eigenvalue weighted by atomic mass is 16.5. The predicted molar refractivity (Wildman–Crippen MR) is 128 cm³/mol. The van der Waals surface area contributed by atoms with E-state index in [0.717, 1.165) is 30.4 Å². The van der Waals surface area contributed by atoms with Gasteiger partial charge in [-0.2, -0.15) is 0 Å². The topological polar surface area (TPSA) is 83.5 Å². The first-order valence-corrected chi connectivity index (χ1v) is 12.2. The lowest BCUT2D eigenvalue weighted by molar-refractivity contribution is -0.634. The summed E-state index contributed by atoms with van der Waals surface area (Å²) in [5.74, 6) is -0.225. The van der Waals surface area contributed by atoms with E-state index >= 15 is 0 Å². The molecule has 1 saturated heterocycles.